The number of rotatable bonds is 2. The molecular weight excluding hydrogens is 504 g/mol. The van der Waals surface area contributed by atoms with Crippen LogP contribution in [0.5, 0.6) is 0 Å². The van der Waals surface area contributed by atoms with Crippen molar-refractivity contribution in [2.24, 2.45) is 0 Å². The van der Waals surface area contributed by atoms with Gasteiger partial charge in [0.25, 0.3) is 0 Å². The molecule has 0 amide bonds. The minimum atomic E-state index is 0.392. The van der Waals surface area contributed by atoms with Crippen molar-refractivity contribution in [1.29, 1.82) is 0 Å². The van der Waals surface area contributed by atoms with E-state index in [1.165, 1.54) is 76.8 Å². The normalized spacial score (nSPS) is 16.9. The van der Waals surface area contributed by atoms with Gasteiger partial charge in [0, 0.05) is 11.8 Å². The summed E-state index contributed by atoms with van der Waals surface area (Å²) < 4.78 is 0. The number of benzene rings is 7. The third-order valence-electron chi connectivity index (χ3n) is 9.43. The maximum Gasteiger partial charge on any atom is 0.0131 e. The van der Waals surface area contributed by atoms with Crippen molar-refractivity contribution in [3.63, 3.8) is 0 Å². The first-order valence-electron chi connectivity index (χ1n) is 14.9. The highest BCUT2D eigenvalue weighted by Gasteiger charge is 2.31. The third kappa shape index (κ3) is 3.49. The second kappa shape index (κ2) is 9.16. The summed E-state index contributed by atoms with van der Waals surface area (Å²) in [6.07, 6.45) is 9.12. The van der Waals surface area contributed by atoms with E-state index >= 15 is 0 Å². The van der Waals surface area contributed by atoms with Gasteiger partial charge in [-0.15, -0.1) is 0 Å². The summed E-state index contributed by atoms with van der Waals surface area (Å²) in [5.41, 5.74) is 10.6. The molecule has 7 aromatic carbocycles. The Bertz CT molecular complexity index is 2230. The van der Waals surface area contributed by atoms with E-state index in [-0.39, 0.29) is 0 Å². The molecule has 0 fully saturated rings. The lowest BCUT2D eigenvalue weighted by atomic mass is 9.69. The molecule has 0 aromatic heterocycles. The maximum atomic E-state index is 2.41. The van der Waals surface area contributed by atoms with Crippen molar-refractivity contribution >= 4 is 32.3 Å². The lowest BCUT2D eigenvalue weighted by Crippen LogP contribution is -2.16. The summed E-state index contributed by atoms with van der Waals surface area (Å²) in [5, 5.41) is 7.86. The molecule has 0 N–H and O–H groups in total. The van der Waals surface area contributed by atoms with Gasteiger partial charge in [0.15, 0.2) is 0 Å². The Balaban J connectivity index is 1.18. The van der Waals surface area contributed by atoms with Crippen LogP contribution in [0.2, 0.25) is 0 Å². The second-order valence-electron chi connectivity index (χ2n) is 11.6. The molecule has 0 bridgehead atoms. The Morgan fingerprint density at radius 2 is 0.810 bits per heavy atom. The monoisotopic (exact) mass is 532 g/mol. The van der Waals surface area contributed by atoms with Gasteiger partial charge in [-0.3, -0.25) is 0 Å². The molecule has 9 rings (SSSR count). The molecule has 42 heavy (non-hydrogen) atoms. The van der Waals surface area contributed by atoms with Crippen LogP contribution < -0.4 is 0 Å². The van der Waals surface area contributed by atoms with Gasteiger partial charge in [0.05, 0.1) is 0 Å². The largest absolute Gasteiger partial charge is 0.0761 e. The van der Waals surface area contributed by atoms with Gasteiger partial charge in [-0.1, -0.05) is 140 Å². The van der Waals surface area contributed by atoms with Crippen molar-refractivity contribution in [3.8, 4) is 33.4 Å². The third-order valence-corrected chi connectivity index (χ3v) is 9.43. The van der Waals surface area contributed by atoms with Crippen LogP contribution >= 0.6 is 0 Å². The summed E-state index contributed by atoms with van der Waals surface area (Å²) in [5.74, 6) is 0.803. The van der Waals surface area contributed by atoms with Crippen LogP contribution in [-0.2, 0) is 0 Å². The van der Waals surface area contributed by atoms with Crippen molar-refractivity contribution in [3.05, 3.63) is 169 Å². The van der Waals surface area contributed by atoms with E-state index in [0.29, 0.717) is 11.8 Å². The predicted molar refractivity (Wildman–Crippen MR) is 179 cm³/mol. The maximum absolute atomic E-state index is 2.41. The van der Waals surface area contributed by atoms with Crippen molar-refractivity contribution in [2.75, 3.05) is 0 Å². The van der Waals surface area contributed by atoms with Crippen molar-refractivity contribution in [2.45, 2.75) is 11.8 Å². The average molecular weight is 533 g/mol. The Labute approximate surface area is 245 Å². The zero-order valence-corrected chi connectivity index (χ0v) is 23.2. The summed E-state index contributed by atoms with van der Waals surface area (Å²) in [6, 6.07) is 49.6. The lowest BCUT2D eigenvalue weighted by Gasteiger charge is -2.34. The van der Waals surface area contributed by atoms with E-state index in [0.717, 1.165) is 0 Å². The van der Waals surface area contributed by atoms with E-state index in [2.05, 4.69) is 158 Å². The fourth-order valence-corrected chi connectivity index (χ4v) is 7.46. The standard InChI is InChI=1S/C42H28/c1-3-16-35-31(12-1)33-14-5-7-18-37(33)41-25-29(20-22-39(35)41)27-10-9-11-28(24-27)30-21-23-40-36-17-4-2-13-32(36)34-15-6-8-19-38(34)42(40)26-30/h1-26,31,35H. The minimum Gasteiger partial charge on any atom is -0.0761 e. The number of allylic oxidation sites excluding steroid dienone is 4. The molecule has 2 unspecified atom stereocenters. The average Bonchev–Trinajstić information content (AvgIpc) is 3.08. The lowest BCUT2D eigenvalue weighted by molar-refractivity contribution is 0.720. The molecule has 0 saturated heterocycles. The van der Waals surface area contributed by atoms with Crippen molar-refractivity contribution < 1.29 is 0 Å². The predicted octanol–water partition coefficient (Wildman–Crippen LogP) is 11.5. The summed E-state index contributed by atoms with van der Waals surface area (Å²) in [6.45, 7) is 0. The van der Waals surface area contributed by atoms with Gasteiger partial charge in [-0.05, 0) is 95.0 Å². The first kappa shape index (κ1) is 23.5. The summed E-state index contributed by atoms with van der Waals surface area (Å²) in [4.78, 5) is 0. The van der Waals surface area contributed by atoms with Crippen molar-refractivity contribution in [1.82, 2.24) is 0 Å². The Morgan fingerprint density at radius 1 is 0.310 bits per heavy atom. The highest BCUT2D eigenvalue weighted by atomic mass is 14.3. The van der Waals surface area contributed by atoms with Gasteiger partial charge in [-0.25, -0.2) is 0 Å². The molecular formula is C42H28. The molecule has 7 aromatic rings. The number of hydrogen-bond acceptors (Lipinski definition) is 0. The van der Waals surface area contributed by atoms with Gasteiger partial charge in [0.1, 0.15) is 0 Å². The first-order valence-corrected chi connectivity index (χ1v) is 14.9. The summed E-state index contributed by atoms with van der Waals surface area (Å²) in [7, 11) is 0. The van der Waals surface area contributed by atoms with Crippen LogP contribution in [-0.4, -0.2) is 0 Å². The second-order valence-corrected chi connectivity index (χ2v) is 11.6. The molecule has 0 heteroatoms. The first-order chi connectivity index (χ1) is 20.8. The van der Waals surface area contributed by atoms with Gasteiger partial charge >= 0.3 is 0 Å². The van der Waals surface area contributed by atoms with E-state index in [4.69, 9.17) is 0 Å². The van der Waals surface area contributed by atoms with Gasteiger partial charge < -0.3 is 0 Å². The molecule has 0 nitrogen and oxygen atoms in total. The minimum absolute atomic E-state index is 0.392. The molecule has 0 spiro atoms. The SMILES string of the molecule is C1=CC2c3ccccc3-c3cc(-c4cccc(-c5ccc6c7ccccc7c7ccccc7c6c5)c4)ccc3C2C=C1. The zero-order chi connectivity index (χ0) is 27.6. The quantitative estimate of drug-likeness (QED) is 0.194. The highest BCUT2D eigenvalue weighted by molar-refractivity contribution is 6.25. The van der Waals surface area contributed by atoms with Crippen LogP contribution in [0.25, 0.3) is 65.7 Å². The van der Waals surface area contributed by atoms with E-state index in [1.54, 1.807) is 0 Å². The molecule has 196 valence electrons. The Morgan fingerprint density at radius 3 is 1.50 bits per heavy atom. The molecule has 2 aliphatic carbocycles. The summed E-state index contributed by atoms with van der Waals surface area (Å²) >= 11 is 0. The molecule has 2 aliphatic rings. The van der Waals surface area contributed by atoms with Gasteiger partial charge in [-0.2, -0.15) is 0 Å². The molecule has 0 radical (unpaired) electrons. The van der Waals surface area contributed by atoms with Crippen LogP contribution in [0.3, 0.4) is 0 Å². The smallest absolute Gasteiger partial charge is 0.0131 e. The van der Waals surface area contributed by atoms with E-state index < -0.39 is 0 Å². The van der Waals surface area contributed by atoms with Crippen LogP contribution in [0, 0.1) is 0 Å². The highest BCUT2D eigenvalue weighted by Crippen LogP contribution is 2.50. The van der Waals surface area contributed by atoms with Gasteiger partial charge in [0.2, 0.25) is 0 Å². The topological polar surface area (TPSA) is 0 Å². The molecule has 0 aliphatic heterocycles. The zero-order valence-electron chi connectivity index (χ0n) is 23.2. The Hall–Kier alpha value is -5.20. The fraction of sp³-hybridized carbons (Fsp3) is 0.0476. The van der Waals surface area contributed by atoms with Crippen LogP contribution in [0.1, 0.15) is 23.0 Å². The number of fused-ring (bicyclic) bond motifs is 12. The van der Waals surface area contributed by atoms with Crippen LogP contribution in [0.4, 0.5) is 0 Å². The number of hydrogen-bond donors (Lipinski definition) is 0. The molecule has 0 heterocycles. The fourth-order valence-electron chi connectivity index (χ4n) is 7.46. The molecule has 2 atom stereocenters. The molecule has 0 saturated carbocycles. The van der Waals surface area contributed by atoms with Crippen LogP contribution in [0.15, 0.2) is 158 Å². The van der Waals surface area contributed by atoms with E-state index in [9.17, 15) is 0 Å². The Kier molecular flexibility index (Phi) is 5.12. The van der Waals surface area contributed by atoms with E-state index in [1.807, 2.05) is 0 Å².